The number of likely N-dealkylation sites (tertiary alicyclic amines) is 1. The monoisotopic (exact) mass is 197 g/mol. The number of nitrogens with zero attached hydrogens (tertiary/aromatic N) is 1. The van der Waals surface area contributed by atoms with E-state index in [9.17, 15) is 4.79 Å². The van der Waals surface area contributed by atoms with Gasteiger partial charge in [0, 0.05) is 18.5 Å². The third-order valence-corrected chi connectivity index (χ3v) is 3.60. The number of hydrogen-bond donors (Lipinski definition) is 1. The minimum atomic E-state index is -0.633. The summed E-state index contributed by atoms with van der Waals surface area (Å²) in [4.78, 5) is 13.2. The van der Waals surface area contributed by atoms with Crippen LogP contribution in [-0.4, -0.2) is 34.6 Å². The second-order valence-electron chi connectivity index (χ2n) is 4.59. The van der Waals surface area contributed by atoms with Crippen molar-refractivity contribution in [2.45, 2.75) is 51.1 Å². The Hall–Kier alpha value is -0.570. The van der Waals surface area contributed by atoms with E-state index in [0.29, 0.717) is 18.4 Å². The molecule has 1 heterocycles. The first-order chi connectivity index (χ1) is 6.72. The summed E-state index contributed by atoms with van der Waals surface area (Å²) in [6.45, 7) is 3.31. The van der Waals surface area contributed by atoms with Gasteiger partial charge in [-0.05, 0) is 38.1 Å². The van der Waals surface area contributed by atoms with Crippen LogP contribution in [0.25, 0.3) is 0 Å². The summed E-state index contributed by atoms with van der Waals surface area (Å²) in [7, 11) is 0. The molecule has 0 aromatic carbocycles. The van der Waals surface area contributed by atoms with Crippen LogP contribution in [0, 0.1) is 5.92 Å². The molecule has 0 spiro atoms. The molecule has 1 saturated carbocycles. The molecule has 3 heteroatoms. The summed E-state index contributed by atoms with van der Waals surface area (Å²) in [6, 6.07) is 1.33. The van der Waals surface area contributed by atoms with E-state index in [2.05, 4.69) is 11.8 Å². The molecule has 2 unspecified atom stereocenters. The molecule has 2 fully saturated rings. The smallest absolute Gasteiger partial charge is 0.303 e. The third kappa shape index (κ3) is 1.92. The van der Waals surface area contributed by atoms with Gasteiger partial charge in [0.05, 0.1) is 0 Å². The topological polar surface area (TPSA) is 40.5 Å². The summed E-state index contributed by atoms with van der Waals surface area (Å²) >= 11 is 0. The molecular formula is C11H19NO2. The van der Waals surface area contributed by atoms with Crippen LogP contribution in [0.5, 0.6) is 0 Å². The van der Waals surface area contributed by atoms with Crippen molar-refractivity contribution >= 4 is 5.97 Å². The predicted molar refractivity (Wildman–Crippen MR) is 54.2 cm³/mol. The molecule has 14 heavy (non-hydrogen) atoms. The van der Waals surface area contributed by atoms with Crippen molar-refractivity contribution in [3.8, 4) is 0 Å². The fourth-order valence-corrected chi connectivity index (χ4v) is 2.83. The maximum absolute atomic E-state index is 10.7. The van der Waals surface area contributed by atoms with E-state index >= 15 is 0 Å². The van der Waals surface area contributed by atoms with Gasteiger partial charge in [0.25, 0.3) is 0 Å². The van der Waals surface area contributed by atoms with Gasteiger partial charge in [0.2, 0.25) is 0 Å². The first kappa shape index (κ1) is 9.97. The van der Waals surface area contributed by atoms with E-state index in [-0.39, 0.29) is 0 Å². The molecule has 1 saturated heterocycles. The number of carboxylic acid groups (broad SMARTS) is 1. The second-order valence-corrected chi connectivity index (χ2v) is 4.59. The highest BCUT2D eigenvalue weighted by Gasteiger charge is 2.41. The van der Waals surface area contributed by atoms with Gasteiger partial charge in [-0.2, -0.15) is 0 Å². The molecule has 1 aliphatic heterocycles. The minimum Gasteiger partial charge on any atom is -0.481 e. The molecule has 0 aromatic heterocycles. The van der Waals surface area contributed by atoms with Crippen LogP contribution < -0.4 is 0 Å². The van der Waals surface area contributed by atoms with Gasteiger partial charge in [-0.15, -0.1) is 0 Å². The highest BCUT2D eigenvalue weighted by molar-refractivity contribution is 5.67. The van der Waals surface area contributed by atoms with Gasteiger partial charge < -0.3 is 5.11 Å². The van der Waals surface area contributed by atoms with Crippen LogP contribution in [0.15, 0.2) is 0 Å². The Morgan fingerprint density at radius 2 is 2.14 bits per heavy atom. The molecule has 1 aliphatic carbocycles. The standard InChI is InChI=1S/C11H19NO2/c1-2-10-8(7-11(13)14)5-6-12(10)9-3-4-9/h8-10H,2-7H2,1H3,(H,13,14). The minimum absolute atomic E-state index is 0.363. The number of carboxylic acids is 1. The van der Waals surface area contributed by atoms with E-state index in [1.165, 1.54) is 12.8 Å². The average molecular weight is 197 g/mol. The fourth-order valence-electron chi connectivity index (χ4n) is 2.83. The molecule has 0 radical (unpaired) electrons. The quantitative estimate of drug-likeness (QED) is 0.746. The third-order valence-electron chi connectivity index (χ3n) is 3.60. The van der Waals surface area contributed by atoms with Crippen LogP contribution in [0.3, 0.4) is 0 Å². The van der Waals surface area contributed by atoms with Crippen molar-refractivity contribution < 1.29 is 9.90 Å². The molecule has 1 N–H and O–H groups in total. The molecule has 2 rings (SSSR count). The van der Waals surface area contributed by atoms with Gasteiger partial charge >= 0.3 is 5.97 Å². The summed E-state index contributed by atoms with van der Waals surface area (Å²) in [6.07, 6.45) is 5.21. The molecule has 2 atom stereocenters. The van der Waals surface area contributed by atoms with E-state index < -0.39 is 5.97 Å². The maximum Gasteiger partial charge on any atom is 0.303 e. The molecule has 80 valence electrons. The number of hydrogen-bond acceptors (Lipinski definition) is 2. The van der Waals surface area contributed by atoms with Crippen LogP contribution >= 0.6 is 0 Å². The Bertz CT molecular complexity index is 225. The largest absolute Gasteiger partial charge is 0.481 e. The highest BCUT2D eigenvalue weighted by atomic mass is 16.4. The molecule has 2 aliphatic rings. The van der Waals surface area contributed by atoms with Crippen LogP contribution in [0.1, 0.15) is 39.0 Å². The van der Waals surface area contributed by atoms with E-state index in [1.54, 1.807) is 0 Å². The van der Waals surface area contributed by atoms with Crippen molar-refractivity contribution in [1.82, 2.24) is 4.90 Å². The number of rotatable bonds is 4. The summed E-state index contributed by atoms with van der Waals surface area (Å²) in [5, 5.41) is 8.81. The zero-order chi connectivity index (χ0) is 10.1. The van der Waals surface area contributed by atoms with Gasteiger partial charge in [-0.1, -0.05) is 6.92 Å². The first-order valence-electron chi connectivity index (χ1n) is 5.70. The van der Waals surface area contributed by atoms with Crippen molar-refractivity contribution in [2.75, 3.05) is 6.54 Å². The van der Waals surface area contributed by atoms with Crippen molar-refractivity contribution in [1.29, 1.82) is 0 Å². The summed E-state index contributed by atoms with van der Waals surface area (Å²) in [5.41, 5.74) is 0. The maximum atomic E-state index is 10.7. The van der Waals surface area contributed by atoms with Crippen molar-refractivity contribution in [3.05, 3.63) is 0 Å². The van der Waals surface area contributed by atoms with Crippen molar-refractivity contribution in [2.24, 2.45) is 5.92 Å². The average Bonchev–Trinajstić information content (AvgIpc) is 2.88. The molecule has 0 aromatic rings. The van der Waals surface area contributed by atoms with Gasteiger partial charge in [-0.3, -0.25) is 9.69 Å². The van der Waals surface area contributed by atoms with Crippen LogP contribution in [0.2, 0.25) is 0 Å². The lowest BCUT2D eigenvalue weighted by Crippen LogP contribution is -2.34. The number of carbonyl (C=O) groups is 1. The summed E-state index contributed by atoms with van der Waals surface area (Å²) < 4.78 is 0. The summed E-state index contributed by atoms with van der Waals surface area (Å²) in [5.74, 6) is -0.232. The zero-order valence-corrected chi connectivity index (χ0v) is 8.78. The fraction of sp³-hybridized carbons (Fsp3) is 0.909. The first-order valence-corrected chi connectivity index (χ1v) is 5.70. The molecule has 0 bridgehead atoms. The second kappa shape index (κ2) is 3.89. The zero-order valence-electron chi connectivity index (χ0n) is 8.78. The van der Waals surface area contributed by atoms with Crippen LogP contribution in [0.4, 0.5) is 0 Å². The van der Waals surface area contributed by atoms with Crippen LogP contribution in [-0.2, 0) is 4.79 Å². The Kier molecular flexibility index (Phi) is 2.77. The lowest BCUT2D eigenvalue weighted by molar-refractivity contribution is -0.138. The van der Waals surface area contributed by atoms with Crippen molar-refractivity contribution in [3.63, 3.8) is 0 Å². The highest BCUT2D eigenvalue weighted by Crippen LogP contribution is 2.38. The SMILES string of the molecule is CCC1C(CC(=O)O)CCN1C1CC1. The molecule has 0 amide bonds. The molecule has 3 nitrogen and oxygen atoms in total. The van der Waals surface area contributed by atoms with Gasteiger partial charge in [0.1, 0.15) is 0 Å². The Morgan fingerprint density at radius 1 is 1.43 bits per heavy atom. The Balaban J connectivity index is 1.95. The van der Waals surface area contributed by atoms with Gasteiger partial charge in [-0.25, -0.2) is 0 Å². The Morgan fingerprint density at radius 3 is 2.64 bits per heavy atom. The van der Waals surface area contributed by atoms with E-state index in [1.807, 2.05) is 0 Å². The Labute approximate surface area is 85.1 Å². The normalized spacial score (nSPS) is 33.5. The van der Waals surface area contributed by atoms with Gasteiger partial charge in [0.15, 0.2) is 0 Å². The number of aliphatic carboxylic acids is 1. The molecular weight excluding hydrogens is 178 g/mol. The van der Waals surface area contributed by atoms with E-state index in [0.717, 1.165) is 25.4 Å². The predicted octanol–water partition coefficient (Wildman–Crippen LogP) is 1.72. The lowest BCUT2D eigenvalue weighted by atomic mass is 9.95. The lowest BCUT2D eigenvalue weighted by Gasteiger charge is -2.26. The van der Waals surface area contributed by atoms with E-state index in [4.69, 9.17) is 5.11 Å².